The molecule has 188 valence electrons. The van der Waals surface area contributed by atoms with Crippen LogP contribution in [0.3, 0.4) is 0 Å². The Morgan fingerprint density at radius 2 is 1.83 bits per heavy atom. The van der Waals surface area contributed by atoms with Crippen molar-refractivity contribution in [3.63, 3.8) is 0 Å². The quantitative estimate of drug-likeness (QED) is 0.538. The molecule has 1 aliphatic carbocycles. The molecule has 2 aromatic rings. The van der Waals surface area contributed by atoms with E-state index >= 15 is 0 Å². The van der Waals surface area contributed by atoms with Crippen LogP contribution in [0, 0.1) is 0 Å². The lowest BCUT2D eigenvalue weighted by Crippen LogP contribution is -2.58. The number of halogens is 2. The lowest BCUT2D eigenvalue weighted by atomic mass is 9.77. The fourth-order valence-corrected chi connectivity index (χ4v) is 6.68. The Morgan fingerprint density at radius 1 is 1.11 bits per heavy atom. The SMILES string of the molecule is CCOC(=O)[C@@H]1c2ccccc2C(=O)N([C@H]2CCCC[C@@H]2NS(C)(=O)=O)C1c1ccc(Cl)cc1Cl. The molecule has 0 aromatic heterocycles. The number of benzene rings is 2. The third kappa shape index (κ3) is 5.35. The van der Waals surface area contributed by atoms with E-state index in [0.717, 1.165) is 19.1 Å². The number of hydrogen-bond acceptors (Lipinski definition) is 5. The molecule has 0 spiro atoms. The van der Waals surface area contributed by atoms with Crippen LogP contribution in [0.5, 0.6) is 0 Å². The molecule has 10 heteroatoms. The largest absolute Gasteiger partial charge is 0.465 e. The highest BCUT2D eigenvalue weighted by Crippen LogP contribution is 2.48. The monoisotopic (exact) mass is 538 g/mol. The van der Waals surface area contributed by atoms with Gasteiger partial charge in [-0.3, -0.25) is 9.59 Å². The third-order valence-electron chi connectivity index (χ3n) is 6.65. The number of rotatable bonds is 6. The van der Waals surface area contributed by atoms with Gasteiger partial charge in [-0.25, -0.2) is 13.1 Å². The standard InChI is InChI=1S/C25H28Cl2N2O5S/c1-3-34-25(31)22-16-8-4-5-9-17(16)24(30)29(23(22)18-13-12-15(26)14-19(18)27)21-11-7-6-10-20(21)28-35(2,32)33/h4-5,8-9,12-14,20-23,28H,3,6-7,10-11H2,1-2H3/t20-,21-,22+,23?/m0/s1. The lowest BCUT2D eigenvalue weighted by molar-refractivity contribution is -0.147. The van der Waals surface area contributed by atoms with Gasteiger partial charge in [0.25, 0.3) is 5.91 Å². The molecule has 0 bridgehead atoms. The zero-order chi connectivity index (χ0) is 25.3. The number of fused-ring (bicyclic) bond motifs is 1. The fraction of sp³-hybridized carbons (Fsp3) is 0.440. The number of ether oxygens (including phenoxy) is 1. The number of nitrogens with zero attached hydrogens (tertiary/aromatic N) is 1. The lowest BCUT2D eigenvalue weighted by Gasteiger charge is -2.49. The summed E-state index contributed by atoms with van der Waals surface area (Å²) >= 11 is 12.8. The van der Waals surface area contributed by atoms with Crippen LogP contribution in [0.4, 0.5) is 0 Å². The summed E-state index contributed by atoms with van der Waals surface area (Å²) in [5.74, 6) is -1.59. The average Bonchev–Trinajstić information content (AvgIpc) is 2.79. The summed E-state index contributed by atoms with van der Waals surface area (Å²) in [5, 5.41) is 0.743. The van der Waals surface area contributed by atoms with Crippen molar-refractivity contribution in [2.24, 2.45) is 0 Å². The third-order valence-corrected chi connectivity index (χ3v) is 7.94. The summed E-state index contributed by atoms with van der Waals surface area (Å²) in [7, 11) is -3.53. The maximum atomic E-state index is 14.0. The highest BCUT2D eigenvalue weighted by atomic mass is 35.5. The molecular formula is C25H28Cl2N2O5S. The molecule has 35 heavy (non-hydrogen) atoms. The van der Waals surface area contributed by atoms with Gasteiger partial charge in [0.15, 0.2) is 0 Å². The number of hydrogen-bond donors (Lipinski definition) is 1. The van der Waals surface area contributed by atoms with E-state index in [1.807, 2.05) is 0 Å². The first kappa shape index (κ1) is 25.9. The Balaban J connectivity index is 1.94. The summed E-state index contributed by atoms with van der Waals surface area (Å²) in [4.78, 5) is 29.1. The molecule has 2 aliphatic rings. The van der Waals surface area contributed by atoms with Gasteiger partial charge in [-0.15, -0.1) is 0 Å². The van der Waals surface area contributed by atoms with Gasteiger partial charge in [0, 0.05) is 27.7 Å². The van der Waals surface area contributed by atoms with E-state index in [4.69, 9.17) is 27.9 Å². The van der Waals surface area contributed by atoms with Gasteiger partial charge in [0.05, 0.1) is 18.9 Å². The zero-order valence-electron chi connectivity index (χ0n) is 19.5. The Hall–Kier alpha value is -2.13. The van der Waals surface area contributed by atoms with E-state index in [0.29, 0.717) is 39.6 Å². The Labute approximate surface area is 215 Å². The van der Waals surface area contributed by atoms with Crippen LogP contribution in [0.1, 0.15) is 66.1 Å². The van der Waals surface area contributed by atoms with Crippen molar-refractivity contribution in [1.29, 1.82) is 0 Å². The highest BCUT2D eigenvalue weighted by molar-refractivity contribution is 7.88. The molecule has 1 saturated carbocycles. The topological polar surface area (TPSA) is 92.8 Å². The molecule has 7 nitrogen and oxygen atoms in total. The first-order valence-corrected chi connectivity index (χ1v) is 14.3. The van der Waals surface area contributed by atoms with Crippen LogP contribution in [-0.2, 0) is 19.6 Å². The van der Waals surface area contributed by atoms with Gasteiger partial charge in [0.1, 0.15) is 5.92 Å². The van der Waals surface area contributed by atoms with Crippen LogP contribution in [-0.4, -0.2) is 50.1 Å². The second kappa shape index (κ2) is 10.5. The number of esters is 1. The van der Waals surface area contributed by atoms with E-state index < -0.39 is 40.0 Å². The normalized spacial score (nSPS) is 24.7. The fourth-order valence-electron chi connectivity index (χ4n) is 5.33. The molecule has 0 saturated heterocycles. The number of amides is 1. The smallest absolute Gasteiger partial charge is 0.315 e. The summed E-state index contributed by atoms with van der Waals surface area (Å²) in [6.07, 6.45) is 3.92. The summed E-state index contributed by atoms with van der Waals surface area (Å²) < 4.78 is 32.6. The second-order valence-electron chi connectivity index (χ2n) is 8.99. The van der Waals surface area contributed by atoms with E-state index in [1.165, 1.54) is 0 Å². The molecule has 1 aliphatic heterocycles. The van der Waals surface area contributed by atoms with E-state index in [2.05, 4.69) is 4.72 Å². The molecule has 1 heterocycles. The summed E-state index contributed by atoms with van der Waals surface area (Å²) in [6, 6.07) is 10.2. The maximum absolute atomic E-state index is 14.0. The van der Waals surface area contributed by atoms with E-state index in [-0.39, 0.29) is 12.5 Å². The molecule has 1 amide bonds. The minimum Gasteiger partial charge on any atom is -0.465 e. The second-order valence-corrected chi connectivity index (χ2v) is 11.6. The van der Waals surface area contributed by atoms with Crippen LogP contribution in [0.2, 0.25) is 10.0 Å². The van der Waals surface area contributed by atoms with E-state index in [9.17, 15) is 18.0 Å². The first-order chi connectivity index (χ1) is 16.6. The molecule has 4 atom stereocenters. The van der Waals surface area contributed by atoms with Crippen molar-refractivity contribution in [2.75, 3.05) is 12.9 Å². The molecular weight excluding hydrogens is 511 g/mol. The van der Waals surface area contributed by atoms with E-state index in [1.54, 1.807) is 54.3 Å². The molecule has 1 unspecified atom stereocenters. The minimum atomic E-state index is -3.53. The van der Waals surface area contributed by atoms with Gasteiger partial charge in [-0.05, 0) is 49.1 Å². The van der Waals surface area contributed by atoms with Crippen LogP contribution in [0.25, 0.3) is 0 Å². The van der Waals surface area contributed by atoms with Crippen molar-refractivity contribution in [3.05, 3.63) is 69.2 Å². The van der Waals surface area contributed by atoms with Crippen molar-refractivity contribution < 1.29 is 22.7 Å². The number of carbonyl (C=O) groups is 2. The van der Waals surface area contributed by atoms with Crippen molar-refractivity contribution in [3.8, 4) is 0 Å². The van der Waals surface area contributed by atoms with Crippen molar-refractivity contribution >= 4 is 45.1 Å². The first-order valence-electron chi connectivity index (χ1n) is 11.6. The molecule has 2 aromatic carbocycles. The van der Waals surface area contributed by atoms with Gasteiger partial charge in [-0.1, -0.05) is 60.3 Å². The van der Waals surface area contributed by atoms with Crippen LogP contribution < -0.4 is 4.72 Å². The van der Waals surface area contributed by atoms with Gasteiger partial charge in [0.2, 0.25) is 10.0 Å². The molecule has 1 fully saturated rings. The Bertz CT molecular complexity index is 1240. The molecule has 0 radical (unpaired) electrons. The summed E-state index contributed by atoms with van der Waals surface area (Å²) in [6.45, 7) is 1.90. The van der Waals surface area contributed by atoms with Crippen LogP contribution in [0.15, 0.2) is 42.5 Å². The number of carbonyl (C=O) groups excluding carboxylic acids is 2. The highest BCUT2D eigenvalue weighted by Gasteiger charge is 2.49. The van der Waals surface area contributed by atoms with Crippen LogP contribution >= 0.6 is 23.2 Å². The number of sulfonamides is 1. The Morgan fingerprint density at radius 3 is 2.51 bits per heavy atom. The number of nitrogens with one attached hydrogen (secondary N) is 1. The predicted octanol–water partition coefficient (Wildman–Crippen LogP) is 4.70. The van der Waals surface area contributed by atoms with Gasteiger partial charge < -0.3 is 9.64 Å². The van der Waals surface area contributed by atoms with Crippen molar-refractivity contribution in [1.82, 2.24) is 9.62 Å². The Kier molecular flexibility index (Phi) is 7.76. The van der Waals surface area contributed by atoms with Gasteiger partial charge >= 0.3 is 5.97 Å². The molecule has 4 rings (SSSR count). The zero-order valence-corrected chi connectivity index (χ0v) is 21.9. The minimum absolute atomic E-state index is 0.175. The van der Waals surface area contributed by atoms with Gasteiger partial charge in [-0.2, -0.15) is 0 Å². The molecule has 1 N–H and O–H groups in total. The predicted molar refractivity (Wildman–Crippen MR) is 135 cm³/mol. The summed E-state index contributed by atoms with van der Waals surface area (Å²) in [5.41, 5.74) is 1.52. The average molecular weight is 539 g/mol. The maximum Gasteiger partial charge on any atom is 0.315 e. The van der Waals surface area contributed by atoms with Crippen molar-refractivity contribution in [2.45, 2.75) is 56.7 Å².